The van der Waals surface area contributed by atoms with Crippen molar-refractivity contribution in [3.8, 4) is 5.75 Å². The Hall–Kier alpha value is -1.72. The summed E-state index contributed by atoms with van der Waals surface area (Å²) in [5.74, 6) is -1.94. The average Bonchev–Trinajstić information content (AvgIpc) is 2.04. The molecule has 0 aliphatic heterocycles. The van der Waals surface area contributed by atoms with E-state index in [1.54, 1.807) is 24.3 Å². The zero-order chi connectivity index (χ0) is 11.2. The number of aromatic hydroxyl groups is 1. The molecular formula is C8H8F3NO2. The molecule has 6 heteroatoms. The van der Waals surface area contributed by atoms with E-state index in [-0.39, 0.29) is 0 Å². The number of amides is 1. The number of para-hydroxylation sites is 1. The Morgan fingerprint density at radius 1 is 1.21 bits per heavy atom. The SMILES string of the molecule is NC(=O)C(F)(F)F.Oc1ccccc1. The molecule has 0 unspecified atom stereocenters. The predicted octanol–water partition coefficient (Wildman–Crippen LogP) is 1.43. The highest BCUT2D eigenvalue weighted by atomic mass is 19.4. The molecule has 0 radical (unpaired) electrons. The Labute approximate surface area is 78.0 Å². The third-order valence-electron chi connectivity index (χ3n) is 1.04. The summed E-state index contributed by atoms with van der Waals surface area (Å²) in [5.41, 5.74) is 3.81. The van der Waals surface area contributed by atoms with E-state index in [9.17, 15) is 13.2 Å². The van der Waals surface area contributed by atoms with Gasteiger partial charge in [-0.05, 0) is 12.1 Å². The van der Waals surface area contributed by atoms with Crippen molar-refractivity contribution < 1.29 is 23.1 Å². The van der Waals surface area contributed by atoms with Crippen molar-refractivity contribution in [2.24, 2.45) is 5.73 Å². The number of carbonyl (C=O) groups is 1. The predicted molar refractivity (Wildman–Crippen MR) is 43.4 cm³/mol. The van der Waals surface area contributed by atoms with Crippen molar-refractivity contribution in [1.29, 1.82) is 0 Å². The van der Waals surface area contributed by atoms with Gasteiger partial charge in [-0.25, -0.2) is 0 Å². The summed E-state index contributed by atoms with van der Waals surface area (Å²) in [5, 5.41) is 8.63. The smallest absolute Gasteiger partial charge is 0.470 e. The molecule has 0 bridgehead atoms. The van der Waals surface area contributed by atoms with Gasteiger partial charge in [0.2, 0.25) is 0 Å². The molecule has 0 atom stereocenters. The number of hydrogen-bond acceptors (Lipinski definition) is 2. The van der Waals surface area contributed by atoms with E-state index >= 15 is 0 Å². The third kappa shape index (κ3) is 5.87. The van der Waals surface area contributed by atoms with Crippen LogP contribution in [0.25, 0.3) is 0 Å². The number of primary amides is 1. The van der Waals surface area contributed by atoms with Gasteiger partial charge < -0.3 is 10.8 Å². The topological polar surface area (TPSA) is 63.3 Å². The Balaban J connectivity index is 0.000000241. The Morgan fingerprint density at radius 2 is 1.57 bits per heavy atom. The van der Waals surface area contributed by atoms with E-state index in [4.69, 9.17) is 9.90 Å². The first-order valence-electron chi connectivity index (χ1n) is 3.44. The maximum atomic E-state index is 10.7. The number of hydrogen-bond donors (Lipinski definition) is 2. The first-order valence-corrected chi connectivity index (χ1v) is 3.44. The molecule has 1 rings (SSSR count). The van der Waals surface area contributed by atoms with Gasteiger partial charge in [0.15, 0.2) is 0 Å². The van der Waals surface area contributed by atoms with Gasteiger partial charge in [-0.1, -0.05) is 18.2 Å². The summed E-state index contributed by atoms with van der Waals surface area (Å²) in [4.78, 5) is 9.12. The molecule has 78 valence electrons. The number of phenolic OH excluding ortho intramolecular Hbond substituents is 1. The van der Waals surface area contributed by atoms with Crippen molar-refractivity contribution in [1.82, 2.24) is 0 Å². The number of rotatable bonds is 0. The Bertz CT molecular complexity index is 284. The van der Waals surface area contributed by atoms with Crippen LogP contribution >= 0.6 is 0 Å². The van der Waals surface area contributed by atoms with Crippen molar-refractivity contribution in [3.63, 3.8) is 0 Å². The van der Waals surface area contributed by atoms with Crippen LogP contribution in [-0.2, 0) is 4.79 Å². The van der Waals surface area contributed by atoms with E-state index in [1.165, 1.54) is 0 Å². The van der Waals surface area contributed by atoms with E-state index in [0.717, 1.165) is 0 Å². The van der Waals surface area contributed by atoms with Crippen LogP contribution in [0, 0.1) is 0 Å². The van der Waals surface area contributed by atoms with Crippen LogP contribution in [-0.4, -0.2) is 17.2 Å². The van der Waals surface area contributed by atoms with E-state index in [0.29, 0.717) is 5.75 Å². The minimum atomic E-state index is -4.86. The summed E-state index contributed by atoms with van der Waals surface area (Å²) in [6.07, 6.45) is -4.86. The number of phenols is 1. The molecule has 0 aromatic heterocycles. The standard InChI is InChI=1S/C6H6O.C2H2F3NO/c7-6-4-2-1-3-5-6;3-2(4,5)1(6)7/h1-5,7H;(H2,6,7). The highest BCUT2D eigenvalue weighted by Gasteiger charge is 2.35. The fourth-order valence-electron chi connectivity index (χ4n) is 0.428. The van der Waals surface area contributed by atoms with Crippen molar-refractivity contribution in [2.75, 3.05) is 0 Å². The lowest BCUT2D eigenvalue weighted by Crippen LogP contribution is -2.30. The monoisotopic (exact) mass is 207 g/mol. The number of nitrogens with two attached hydrogens (primary N) is 1. The molecule has 1 aromatic rings. The zero-order valence-electron chi connectivity index (χ0n) is 6.95. The maximum Gasteiger partial charge on any atom is 0.470 e. The zero-order valence-corrected chi connectivity index (χ0v) is 6.95. The molecule has 0 heterocycles. The van der Waals surface area contributed by atoms with Crippen LogP contribution in [0.5, 0.6) is 5.75 Å². The summed E-state index contributed by atoms with van der Waals surface area (Å²) < 4.78 is 32.1. The molecule has 0 aliphatic rings. The molecule has 0 aliphatic carbocycles. The fraction of sp³-hybridized carbons (Fsp3) is 0.125. The quantitative estimate of drug-likeness (QED) is 0.675. The van der Waals surface area contributed by atoms with Gasteiger partial charge in [-0.3, -0.25) is 4.79 Å². The average molecular weight is 207 g/mol. The van der Waals surface area contributed by atoms with Crippen LogP contribution < -0.4 is 5.73 Å². The third-order valence-corrected chi connectivity index (χ3v) is 1.04. The van der Waals surface area contributed by atoms with Gasteiger partial charge in [0, 0.05) is 0 Å². The first kappa shape index (κ1) is 12.3. The molecule has 3 N–H and O–H groups in total. The maximum absolute atomic E-state index is 10.7. The summed E-state index contributed by atoms with van der Waals surface area (Å²) >= 11 is 0. The van der Waals surface area contributed by atoms with E-state index < -0.39 is 12.1 Å². The Morgan fingerprint density at radius 3 is 1.71 bits per heavy atom. The molecule has 1 amide bonds. The highest BCUT2D eigenvalue weighted by molar-refractivity contribution is 5.79. The van der Waals surface area contributed by atoms with E-state index in [1.807, 2.05) is 6.07 Å². The van der Waals surface area contributed by atoms with Crippen LogP contribution in [0.3, 0.4) is 0 Å². The van der Waals surface area contributed by atoms with Crippen molar-refractivity contribution >= 4 is 5.91 Å². The Kier molecular flexibility index (Phi) is 4.48. The number of halogens is 3. The number of alkyl halides is 3. The summed E-state index contributed by atoms with van der Waals surface area (Å²) in [7, 11) is 0. The van der Waals surface area contributed by atoms with Gasteiger partial charge in [0.05, 0.1) is 0 Å². The molecular weight excluding hydrogens is 199 g/mol. The number of benzene rings is 1. The van der Waals surface area contributed by atoms with Crippen LogP contribution in [0.4, 0.5) is 13.2 Å². The fourth-order valence-corrected chi connectivity index (χ4v) is 0.428. The largest absolute Gasteiger partial charge is 0.508 e. The van der Waals surface area contributed by atoms with E-state index in [2.05, 4.69) is 5.73 Å². The van der Waals surface area contributed by atoms with Gasteiger partial charge >= 0.3 is 12.1 Å². The van der Waals surface area contributed by atoms with Gasteiger partial charge in [-0.15, -0.1) is 0 Å². The van der Waals surface area contributed by atoms with Gasteiger partial charge in [-0.2, -0.15) is 13.2 Å². The van der Waals surface area contributed by atoms with Gasteiger partial charge in [0.25, 0.3) is 0 Å². The molecule has 0 spiro atoms. The molecule has 0 fully saturated rings. The molecule has 14 heavy (non-hydrogen) atoms. The summed E-state index contributed by atoms with van der Waals surface area (Å²) in [6.45, 7) is 0. The lowest BCUT2D eigenvalue weighted by Gasteiger charge is -1.95. The molecule has 3 nitrogen and oxygen atoms in total. The van der Waals surface area contributed by atoms with Crippen LogP contribution in [0.2, 0.25) is 0 Å². The lowest BCUT2D eigenvalue weighted by molar-refractivity contribution is -0.169. The normalized spacial score (nSPS) is 9.93. The van der Waals surface area contributed by atoms with Crippen LogP contribution in [0.15, 0.2) is 30.3 Å². The second-order valence-corrected chi connectivity index (χ2v) is 2.20. The minimum absolute atomic E-state index is 0.322. The molecule has 0 saturated carbocycles. The van der Waals surface area contributed by atoms with Crippen LogP contribution in [0.1, 0.15) is 0 Å². The summed E-state index contributed by atoms with van der Waals surface area (Å²) in [6, 6.07) is 8.71. The second-order valence-electron chi connectivity index (χ2n) is 2.20. The van der Waals surface area contributed by atoms with Crippen molar-refractivity contribution in [3.05, 3.63) is 30.3 Å². The molecule has 1 aromatic carbocycles. The highest BCUT2D eigenvalue weighted by Crippen LogP contribution is 2.11. The second kappa shape index (κ2) is 5.11. The first-order chi connectivity index (χ1) is 6.34. The lowest BCUT2D eigenvalue weighted by atomic mass is 10.3. The minimum Gasteiger partial charge on any atom is -0.508 e. The molecule has 0 saturated heterocycles. The van der Waals surface area contributed by atoms with Gasteiger partial charge in [0.1, 0.15) is 5.75 Å². The van der Waals surface area contributed by atoms with Crippen molar-refractivity contribution in [2.45, 2.75) is 6.18 Å². The number of carbonyl (C=O) groups excluding carboxylic acids is 1.